The Labute approximate surface area is 207 Å². The van der Waals surface area contributed by atoms with Crippen LogP contribution in [0.15, 0.2) is 47.6 Å². The number of ether oxygens (including phenoxy) is 2. The zero-order valence-electron chi connectivity index (χ0n) is 20.2. The summed E-state index contributed by atoms with van der Waals surface area (Å²) >= 11 is 0. The van der Waals surface area contributed by atoms with Crippen molar-refractivity contribution in [1.29, 1.82) is 0 Å². The maximum Gasteiger partial charge on any atom is 0.417 e. The van der Waals surface area contributed by atoms with Gasteiger partial charge in [0.2, 0.25) is 0 Å². The molecule has 1 heterocycles. The first-order chi connectivity index (χ1) is 17.1. The Hall–Kier alpha value is -3.68. The molecule has 3 N–H and O–H groups in total. The fourth-order valence-corrected chi connectivity index (χ4v) is 5.46. The average molecular weight is 497 g/mol. The summed E-state index contributed by atoms with van der Waals surface area (Å²) in [5.74, 6) is 1.66. The highest BCUT2D eigenvalue weighted by Crippen LogP contribution is 2.48. The molecule has 0 amide bonds. The van der Waals surface area contributed by atoms with E-state index in [1.165, 1.54) is 0 Å². The van der Waals surface area contributed by atoms with Crippen LogP contribution in [0.1, 0.15) is 64.3 Å². The van der Waals surface area contributed by atoms with Crippen molar-refractivity contribution in [3.05, 3.63) is 81.4 Å². The minimum Gasteiger partial charge on any atom is -0.493 e. The number of nitrogens with two attached hydrogens (primary N) is 1. The van der Waals surface area contributed by atoms with Crippen LogP contribution in [0, 0.1) is 13.8 Å². The number of aryl methyl sites for hydroxylation is 2. The molecule has 0 saturated heterocycles. The Balaban J connectivity index is 1.59. The molecule has 3 aromatic carbocycles. The number of rotatable bonds is 4. The second-order valence-corrected chi connectivity index (χ2v) is 9.58. The summed E-state index contributed by atoms with van der Waals surface area (Å²) in [6.45, 7) is 6.21. The van der Waals surface area contributed by atoms with Crippen LogP contribution in [-0.2, 0) is 12.6 Å². The lowest BCUT2D eigenvalue weighted by Crippen LogP contribution is -2.15. The van der Waals surface area contributed by atoms with Gasteiger partial charge in [-0.25, -0.2) is 0 Å². The van der Waals surface area contributed by atoms with Gasteiger partial charge in [-0.05, 0) is 84.3 Å². The Morgan fingerprint density at radius 2 is 1.75 bits per heavy atom. The van der Waals surface area contributed by atoms with E-state index in [2.05, 4.69) is 12.1 Å². The molecule has 0 bridgehead atoms. The lowest BCUT2D eigenvalue weighted by molar-refractivity contribution is -0.137. The molecule has 5 rings (SSSR count). The molecule has 0 radical (unpaired) electrons. The average Bonchev–Trinajstić information content (AvgIpc) is 3.40. The highest BCUT2D eigenvalue weighted by atomic mass is 19.4. The number of halogens is 3. The van der Waals surface area contributed by atoms with E-state index in [1.54, 1.807) is 32.0 Å². The molecule has 0 saturated carbocycles. The number of benzene rings is 3. The maximum atomic E-state index is 14.2. The molecule has 8 heteroatoms. The smallest absolute Gasteiger partial charge is 0.417 e. The number of oxime groups is 1. The summed E-state index contributed by atoms with van der Waals surface area (Å²) in [7, 11) is 0. The fourth-order valence-electron chi connectivity index (χ4n) is 5.46. The second-order valence-electron chi connectivity index (χ2n) is 9.58. The summed E-state index contributed by atoms with van der Waals surface area (Å²) in [6.07, 6.45) is -3.87. The number of alkyl halides is 3. The minimum absolute atomic E-state index is 0.0942. The predicted octanol–water partition coefficient (Wildman–Crippen LogP) is 6.65. The third-order valence-corrected chi connectivity index (χ3v) is 7.13. The van der Waals surface area contributed by atoms with Gasteiger partial charge in [-0.1, -0.05) is 24.2 Å². The quantitative estimate of drug-likeness (QED) is 0.184. The molecule has 36 heavy (non-hydrogen) atoms. The molecule has 0 unspecified atom stereocenters. The van der Waals surface area contributed by atoms with Crippen LogP contribution >= 0.6 is 0 Å². The van der Waals surface area contributed by atoms with Gasteiger partial charge in [0.25, 0.3) is 0 Å². The highest BCUT2D eigenvalue weighted by molar-refractivity contribution is 5.98. The molecule has 3 aromatic rings. The van der Waals surface area contributed by atoms with Gasteiger partial charge in [-0.15, -0.1) is 0 Å². The molecule has 2 aliphatic rings. The van der Waals surface area contributed by atoms with Crippen LogP contribution in [0.2, 0.25) is 0 Å². The summed E-state index contributed by atoms with van der Waals surface area (Å²) < 4.78 is 54.7. The van der Waals surface area contributed by atoms with Gasteiger partial charge in [0.15, 0.2) is 5.84 Å². The molecule has 5 nitrogen and oxygen atoms in total. The van der Waals surface area contributed by atoms with Crippen molar-refractivity contribution >= 4 is 5.84 Å². The molecular formula is C28H27F3N2O3. The number of hydrogen-bond donors (Lipinski definition) is 2. The van der Waals surface area contributed by atoms with Crippen molar-refractivity contribution in [2.24, 2.45) is 10.9 Å². The van der Waals surface area contributed by atoms with Crippen molar-refractivity contribution in [1.82, 2.24) is 0 Å². The number of hydrogen-bond acceptors (Lipinski definition) is 4. The topological polar surface area (TPSA) is 77.1 Å². The molecule has 0 spiro atoms. The minimum atomic E-state index is -4.53. The number of nitrogens with zero attached hydrogens (tertiary/aromatic N) is 1. The maximum absolute atomic E-state index is 14.2. The van der Waals surface area contributed by atoms with Crippen LogP contribution in [0.3, 0.4) is 0 Å². The van der Waals surface area contributed by atoms with Crippen LogP contribution in [0.25, 0.3) is 11.1 Å². The van der Waals surface area contributed by atoms with E-state index in [0.717, 1.165) is 22.9 Å². The van der Waals surface area contributed by atoms with E-state index in [0.29, 0.717) is 58.9 Å². The van der Waals surface area contributed by atoms with E-state index < -0.39 is 11.7 Å². The molecule has 188 valence electrons. The molecule has 0 aromatic heterocycles. The van der Waals surface area contributed by atoms with Crippen LogP contribution < -0.4 is 15.2 Å². The standard InChI is InChI=1S/C28H27F3N2O3/c1-14-10-17(27(32)33-34)11-15(2)25(14)26-21-7-9-23(20(21)6-8-22(26)28(29,30)31)36-18-4-5-19-16(3)13-35-24(19)12-18/h4-6,8,10-12,16,23,34H,7,9,13H2,1-3H3,(H2,32,33)/t16-,23-/m1/s1. The molecule has 1 aliphatic heterocycles. The lowest BCUT2D eigenvalue weighted by Gasteiger charge is -2.22. The van der Waals surface area contributed by atoms with Gasteiger partial charge in [0.05, 0.1) is 12.2 Å². The summed E-state index contributed by atoms with van der Waals surface area (Å²) in [5, 5.41) is 12.1. The number of fused-ring (bicyclic) bond motifs is 2. The van der Waals surface area contributed by atoms with E-state index in [1.807, 2.05) is 18.2 Å². The van der Waals surface area contributed by atoms with Crippen LogP contribution in [0.4, 0.5) is 13.2 Å². The Morgan fingerprint density at radius 1 is 1.06 bits per heavy atom. The third kappa shape index (κ3) is 4.04. The Bertz CT molecular complexity index is 1360. The SMILES string of the molecule is Cc1cc(/C(N)=N/O)cc(C)c1-c1c(C(F)(F)F)ccc2c1CC[C@H]2Oc1ccc2c(c1)OC[C@H]2C. The zero-order valence-corrected chi connectivity index (χ0v) is 20.2. The first kappa shape index (κ1) is 24.0. The van der Waals surface area contributed by atoms with Gasteiger partial charge >= 0.3 is 6.18 Å². The van der Waals surface area contributed by atoms with Crippen molar-refractivity contribution in [3.63, 3.8) is 0 Å². The van der Waals surface area contributed by atoms with Crippen LogP contribution in [-0.4, -0.2) is 17.6 Å². The van der Waals surface area contributed by atoms with Gasteiger partial charge in [-0.3, -0.25) is 0 Å². The van der Waals surface area contributed by atoms with E-state index in [9.17, 15) is 13.2 Å². The predicted molar refractivity (Wildman–Crippen MR) is 131 cm³/mol. The number of amidine groups is 1. The molecule has 1 aliphatic carbocycles. The highest BCUT2D eigenvalue weighted by Gasteiger charge is 2.39. The van der Waals surface area contributed by atoms with E-state index in [4.69, 9.17) is 20.4 Å². The van der Waals surface area contributed by atoms with Crippen LogP contribution in [0.5, 0.6) is 11.5 Å². The largest absolute Gasteiger partial charge is 0.493 e. The third-order valence-electron chi connectivity index (χ3n) is 7.13. The van der Waals surface area contributed by atoms with Gasteiger partial charge < -0.3 is 20.4 Å². The Kier molecular flexibility index (Phi) is 5.85. The molecular weight excluding hydrogens is 469 g/mol. The Morgan fingerprint density at radius 3 is 2.42 bits per heavy atom. The fraction of sp³-hybridized carbons (Fsp3) is 0.321. The van der Waals surface area contributed by atoms with Crippen molar-refractivity contribution in [3.8, 4) is 22.6 Å². The van der Waals surface area contributed by atoms with E-state index >= 15 is 0 Å². The first-order valence-electron chi connectivity index (χ1n) is 11.8. The lowest BCUT2D eigenvalue weighted by atomic mass is 9.85. The van der Waals surface area contributed by atoms with Crippen molar-refractivity contribution in [2.45, 2.75) is 51.8 Å². The van der Waals surface area contributed by atoms with Crippen molar-refractivity contribution < 1.29 is 27.9 Å². The monoisotopic (exact) mass is 496 g/mol. The summed E-state index contributed by atoms with van der Waals surface area (Å²) in [6, 6.07) is 11.7. The van der Waals surface area contributed by atoms with Gasteiger partial charge in [0.1, 0.15) is 17.6 Å². The summed E-state index contributed by atoms with van der Waals surface area (Å²) in [4.78, 5) is 0. The normalized spacial score (nSPS) is 19.1. The van der Waals surface area contributed by atoms with E-state index in [-0.39, 0.29) is 17.5 Å². The summed E-state index contributed by atoms with van der Waals surface area (Å²) in [5.41, 5.74) is 9.96. The first-order valence-corrected chi connectivity index (χ1v) is 11.8. The van der Waals surface area contributed by atoms with Crippen molar-refractivity contribution in [2.75, 3.05) is 6.61 Å². The molecule has 2 atom stereocenters. The molecule has 0 fully saturated rings. The van der Waals surface area contributed by atoms with Gasteiger partial charge in [0, 0.05) is 23.1 Å². The van der Waals surface area contributed by atoms with Gasteiger partial charge in [-0.2, -0.15) is 13.2 Å². The second kappa shape index (κ2) is 8.76. The zero-order chi connectivity index (χ0) is 25.8.